The van der Waals surface area contributed by atoms with Crippen LogP contribution in [0, 0.1) is 5.92 Å². The molecule has 0 amide bonds. The number of anilines is 2. The van der Waals surface area contributed by atoms with Crippen LogP contribution in [-0.2, 0) is 17.9 Å². The number of benzene rings is 2. The van der Waals surface area contributed by atoms with Crippen LogP contribution in [0.2, 0.25) is 0 Å². The van der Waals surface area contributed by atoms with Crippen LogP contribution in [0.1, 0.15) is 36.8 Å². The Morgan fingerprint density at radius 2 is 1.82 bits per heavy atom. The molecule has 0 unspecified atom stereocenters. The molecule has 6 rings (SSSR count). The first kappa shape index (κ1) is 26.1. The van der Waals surface area contributed by atoms with Gasteiger partial charge in [-0.1, -0.05) is 0 Å². The van der Waals surface area contributed by atoms with Crippen molar-refractivity contribution < 1.29 is 14.3 Å². The zero-order chi connectivity index (χ0) is 26.5. The van der Waals surface area contributed by atoms with Crippen molar-refractivity contribution in [3.8, 4) is 22.8 Å². The lowest BCUT2D eigenvalue weighted by molar-refractivity contribution is -0.124. The lowest BCUT2D eigenvalue weighted by Gasteiger charge is -2.31. The van der Waals surface area contributed by atoms with Crippen LogP contribution >= 0.6 is 0 Å². The third kappa shape index (κ3) is 6.31. The van der Waals surface area contributed by atoms with Crippen LogP contribution in [0.25, 0.3) is 11.3 Å². The SMILES string of the molecule is COc1cc2cc(c1)Nc1nccc(n1)-c1ccc(OC)c(c1)CN(C)CCCC(=O)C1CCN(CC1)C2. The van der Waals surface area contributed by atoms with Gasteiger partial charge in [-0.25, -0.2) is 9.97 Å². The summed E-state index contributed by atoms with van der Waals surface area (Å²) in [6.07, 6.45) is 5.13. The van der Waals surface area contributed by atoms with E-state index in [0.717, 1.165) is 91.6 Å². The van der Waals surface area contributed by atoms with Crippen molar-refractivity contribution in [2.24, 2.45) is 5.92 Å². The second-order valence-corrected chi connectivity index (χ2v) is 10.3. The first-order chi connectivity index (χ1) is 18.5. The van der Waals surface area contributed by atoms with Crippen LogP contribution in [-0.4, -0.2) is 66.5 Å². The summed E-state index contributed by atoms with van der Waals surface area (Å²) in [7, 11) is 5.48. The molecule has 38 heavy (non-hydrogen) atoms. The van der Waals surface area contributed by atoms with Crippen molar-refractivity contribution in [3.05, 3.63) is 59.8 Å². The van der Waals surface area contributed by atoms with Gasteiger partial charge in [0.25, 0.3) is 0 Å². The van der Waals surface area contributed by atoms with Crippen molar-refractivity contribution in [2.75, 3.05) is 46.2 Å². The lowest BCUT2D eigenvalue weighted by atomic mass is 9.90. The lowest BCUT2D eigenvalue weighted by Crippen LogP contribution is -2.36. The van der Waals surface area contributed by atoms with E-state index in [1.165, 1.54) is 0 Å². The number of ether oxygens (including phenoxy) is 2. The largest absolute Gasteiger partial charge is 0.497 e. The molecule has 0 spiro atoms. The van der Waals surface area contributed by atoms with Gasteiger partial charge in [0.2, 0.25) is 5.95 Å². The smallest absolute Gasteiger partial charge is 0.227 e. The number of hydrogen-bond donors (Lipinski definition) is 1. The number of carbonyl (C=O) groups is 1. The maximum absolute atomic E-state index is 13.0. The fourth-order valence-corrected chi connectivity index (χ4v) is 5.48. The Kier molecular flexibility index (Phi) is 8.20. The fourth-order valence-electron chi connectivity index (χ4n) is 5.48. The fraction of sp³-hybridized carbons (Fsp3) is 0.433. The number of rotatable bonds is 2. The van der Waals surface area contributed by atoms with E-state index in [2.05, 4.69) is 45.3 Å². The highest BCUT2D eigenvalue weighted by Crippen LogP contribution is 2.29. The van der Waals surface area contributed by atoms with E-state index in [1.807, 2.05) is 24.3 Å². The molecule has 1 saturated heterocycles. The summed E-state index contributed by atoms with van der Waals surface area (Å²) in [5.74, 6) is 2.75. The van der Waals surface area contributed by atoms with E-state index >= 15 is 0 Å². The van der Waals surface area contributed by atoms with Gasteiger partial charge in [0.05, 0.1) is 19.9 Å². The average molecular weight is 516 g/mol. The maximum Gasteiger partial charge on any atom is 0.227 e. The number of hydrogen-bond acceptors (Lipinski definition) is 8. The predicted molar refractivity (Wildman–Crippen MR) is 149 cm³/mol. The average Bonchev–Trinajstić information content (AvgIpc) is 2.93. The summed E-state index contributed by atoms with van der Waals surface area (Å²) in [4.78, 5) is 26.9. The zero-order valence-electron chi connectivity index (χ0n) is 22.6. The molecule has 3 aliphatic rings. The Hall–Kier alpha value is -3.49. The standard InChI is InChI=1S/C30H37N5O3/c1-34-12-4-5-28(36)22-9-13-35(14-10-22)19-21-15-25(18-26(16-21)37-2)32-30-31-11-8-27(33-30)23-6-7-29(38-3)24(17-23)20-34/h6-8,11,15-18,22H,4-5,9-10,12-14,19-20H2,1-3H3,(H,31,32,33). The molecule has 0 radical (unpaired) electrons. The first-order valence-electron chi connectivity index (χ1n) is 13.4. The summed E-state index contributed by atoms with van der Waals surface area (Å²) < 4.78 is 11.3. The number of fused-ring (bicyclic) bond motifs is 7. The second kappa shape index (κ2) is 11.9. The quantitative estimate of drug-likeness (QED) is 0.516. The molecule has 200 valence electrons. The van der Waals surface area contributed by atoms with Gasteiger partial charge in [-0.05, 0) is 87.9 Å². The molecule has 1 aromatic heterocycles. The molecule has 1 N–H and O–H groups in total. The van der Waals surface area contributed by atoms with Crippen molar-refractivity contribution in [3.63, 3.8) is 0 Å². The highest BCUT2D eigenvalue weighted by molar-refractivity contribution is 5.81. The van der Waals surface area contributed by atoms with E-state index in [0.29, 0.717) is 18.2 Å². The van der Waals surface area contributed by atoms with Crippen LogP contribution in [0.3, 0.4) is 0 Å². The number of aromatic nitrogens is 2. The first-order valence-corrected chi connectivity index (χ1v) is 13.4. The van der Waals surface area contributed by atoms with Crippen LogP contribution in [0.5, 0.6) is 11.5 Å². The molecule has 0 saturated carbocycles. The number of Topliss-reactive ketones (excluding diaryl/α,β-unsaturated/α-hetero) is 1. The number of nitrogens with one attached hydrogen (secondary N) is 1. The number of methoxy groups -OCH3 is 2. The van der Waals surface area contributed by atoms with Gasteiger partial charge in [-0.2, -0.15) is 0 Å². The molecule has 0 aliphatic carbocycles. The number of piperidine rings is 1. The monoisotopic (exact) mass is 515 g/mol. The summed E-state index contributed by atoms with van der Waals surface area (Å²) in [6.45, 7) is 4.25. The molecular weight excluding hydrogens is 478 g/mol. The molecule has 4 heterocycles. The predicted octanol–water partition coefficient (Wildman–Crippen LogP) is 4.91. The number of carbonyl (C=O) groups excluding carboxylic acids is 1. The van der Waals surface area contributed by atoms with E-state index in [4.69, 9.17) is 14.5 Å². The normalized spacial score (nSPS) is 20.8. The molecule has 3 aromatic rings. The van der Waals surface area contributed by atoms with Crippen molar-refractivity contribution in [2.45, 2.75) is 38.8 Å². The molecule has 0 atom stereocenters. The zero-order valence-corrected chi connectivity index (χ0v) is 22.6. The number of ketones is 1. The van der Waals surface area contributed by atoms with Crippen molar-refractivity contribution >= 4 is 17.4 Å². The summed E-state index contributed by atoms with van der Waals surface area (Å²) in [5, 5.41) is 3.38. The Bertz CT molecular complexity index is 1270. The molecule has 2 aromatic carbocycles. The minimum absolute atomic E-state index is 0.174. The van der Waals surface area contributed by atoms with Crippen LogP contribution < -0.4 is 14.8 Å². The molecule has 8 heteroatoms. The van der Waals surface area contributed by atoms with Crippen LogP contribution in [0.15, 0.2) is 48.7 Å². The van der Waals surface area contributed by atoms with Gasteiger partial charge >= 0.3 is 0 Å². The minimum atomic E-state index is 0.174. The Labute approximate surface area is 225 Å². The third-order valence-electron chi connectivity index (χ3n) is 7.54. The minimum Gasteiger partial charge on any atom is -0.497 e. The maximum atomic E-state index is 13.0. The third-order valence-corrected chi connectivity index (χ3v) is 7.54. The second-order valence-electron chi connectivity index (χ2n) is 10.3. The Morgan fingerprint density at radius 3 is 2.61 bits per heavy atom. The van der Waals surface area contributed by atoms with Gasteiger partial charge in [0, 0.05) is 54.5 Å². The van der Waals surface area contributed by atoms with E-state index < -0.39 is 0 Å². The van der Waals surface area contributed by atoms with Crippen molar-refractivity contribution in [1.82, 2.24) is 19.8 Å². The van der Waals surface area contributed by atoms with Gasteiger partial charge < -0.3 is 19.7 Å². The summed E-state index contributed by atoms with van der Waals surface area (Å²) >= 11 is 0. The van der Waals surface area contributed by atoms with Gasteiger partial charge in [-0.3, -0.25) is 9.69 Å². The molecule has 1 fully saturated rings. The molecular formula is C30H37N5O3. The Morgan fingerprint density at radius 1 is 0.974 bits per heavy atom. The van der Waals surface area contributed by atoms with Crippen LogP contribution in [0.4, 0.5) is 11.6 Å². The highest BCUT2D eigenvalue weighted by Gasteiger charge is 2.25. The molecule has 8 nitrogen and oxygen atoms in total. The summed E-state index contributed by atoms with van der Waals surface area (Å²) in [6, 6.07) is 14.2. The highest BCUT2D eigenvalue weighted by atomic mass is 16.5. The van der Waals surface area contributed by atoms with E-state index in [1.54, 1.807) is 20.4 Å². The molecule has 8 bridgehead atoms. The van der Waals surface area contributed by atoms with Gasteiger partial charge in [0.1, 0.15) is 17.3 Å². The van der Waals surface area contributed by atoms with Crippen molar-refractivity contribution in [1.29, 1.82) is 0 Å². The van der Waals surface area contributed by atoms with E-state index in [-0.39, 0.29) is 5.92 Å². The van der Waals surface area contributed by atoms with Gasteiger partial charge in [0.15, 0.2) is 0 Å². The van der Waals surface area contributed by atoms with Gasteiger partial charge in [-0.15, -0.1) is 0 Å². The summed E-state index contributed by atoms with van der Waals surface area (Å²) in [5.41, 5.74) is 4.95. The van der Waals surface area contributed by atoms with E-state index in [9.17, 15) is 4.79 Å². The topological polar surface area (TPSA) is 79.8 Å². The Balaban J connectivity index is 1.48. The number of nitrogens with zero attached hydrogens (tertiary/aromatic N) is 4. The molecule has 3 aliphatic heterocycles.